The molecule has 166 valence electrons. The largest absolute Gasteiger partial charge is 0.416 e. The average Bonchev–Trinajstić information content (AvgIpc) is 3.00. The number of anilines is 2. The van der Waals surface area contributed by atoms with Gasteiger partial charge in [0.2, 0.25) is 5.91 Å². The molecule has 1 saturated heterocycles. The summed E-state index contributed by atoms with van der Waals surface area (Å²) in [7, 11) is 0. The first-order valence-corrected chi connectivity index (χ1v) is 9.13. The minimum Gasteiger partial charge on any atom is -0.333 e. The van der Waals surface area contributed by atoms with Crippen LogP contribution in [0.2, 0.25) is 5.02 Å². The van der Waals surface area contributed by atoms with Crippen molar-refractivity contribution in [3.63, 3.8) is 0 Å². The second kappa shape index (κ2) is 8.29. The number of hydrogen-bond donors (Lipinski definition) is 2. The molecule has 0 aromatic heterocycles. The van der Waals surface area contributed by atoms with Crippen LogP contribution in [-0.4, -0.2) is 24.5 Å². The normalized spacial score (nSPS) is 17.1. The second-order valence-corrected chi connectivity index (χ2v) is 7.21. The Morgan fingerprint density at radius 3 is 2.03 bits per heavy atom. The number of hydrogen-bond acceptors (Lipinski definition) is 2. The maximum atomic E-state index is 12.9. The molecule has 2 aromatic rings. The zero-order valence-electron chi connectivity index (χ0n) is 15.4. The first kappa shape index (κ1) is 22.7. The zero-order chi connectivity index (χ0) is 23.0. The van der Waals surface area contributed by atoms with E-state index in [9.17, 15) is 35.9 Å². The maximum absolute atomic E-state index is 12.9. The Hall–Kier alpha value is -2.95. The number of rotatable bonds is 3. The van der Waals surface area contributed by atoms with Crippen LogP contribution in [0, 0.1) is 0 Å². The van der Waals surface area contributed by atoms with Gasteiger partial charge in [-0.15, -0.1) is 0 Å². The van der Waals surface area contributed by atoms with Crippen LogP contribution in [0.3, 0.4) is 0 Å². The zero-order valence-corrected chi connectivity index (χ0v) is 16.2. The fourth-order valence-electron chi connectivity index (χ4n) is 3.05. The van der Waals surface area contributed by atoms with Crippen molar-refractivity contribution < 1.29 is 35.9 Å². The Morgan fingerprint density at radius 2 is 1.52 bits per heavy atom. The van der Waals surface area contributed by atoms with Gasteiger partial charge in [-0.05, 0) is 42.5 Å². The molecule has 1 aliphatic heterocycles. The molecule has 1 heterocycles. The third-order valence-corrected chi connectivity index (χ3v) is 4.70. The van der Waals surface area contributed by atoms with Crippen molar-refractivity contribution in [3.8, 4) is 0 Å². The van der Waals surface area contributed by atoms with E-state index in [0.29, 0.717) is 22.8 Å². The number of amides is 3. The average molecular weight is 466 g/mol. The van der Waals surface area contributed by atoms with Crippen molar-refractivity contribution >= 4 is 34.9 Å². The summed E-state index contributed by atoms with van der Waals surface area (Å²) in [6.45, 7) is 0.0737. The van der Waals surface area contributed by atoms with E-state index in [1.165, 1.54) is 4.90 Å². The summed E-state index contributed by atoms with van der Waals surface area (Å²) in [4.78, 5) is 25.7. The van der Waals surface area contributed by atoms with E-state index >= 15 is 0 Å². The van der Waals surface area contributed by atoms with E-state index in [2.05, 4.69) is 5.32 Å². The van der Waals surface area contributed by atoms with Crippen molar-refractivity contribution in [2.24, 2.45) is 0 Å². The number of nitrogens with zero attached hydrogens (tertiary/aromatic N) is 1. The SMILES string of the molecule is O=C(Nc1cc(C(F)(F)F)cc(C(F)(F)F)c1)NC1CC(=O)N(c2ccc(Cl)cc2)C1. The standard InChI is InChI=1S/C19H14ClF6N3O2/c20-12-1-3-15(4-2-12)29-9-14(8-16(29)30)28-17(31)27-13-6-10(18(21,22)23)5-11(7-13)19(24,25)26/h1-7,14H,8-9H2,(H2,27,28,31). The molecular weight excluding hydrogens is 452 g/mol. The van der Waals surface area contributed by atoms with Crippen LogP contribution in [0.15, 0.2) is 42.5 Å². The van der Waals surface area contributed by atoms with Gasteiger partial charge in [0.1, 0.15) is 0 Å². The molecule has 0 radical (unpaired) electrons. The molecular formula is C19H14ClF6N3O2. The molecule has 2 aromatic carbocycles. The van der Waals surface area contributed by atoms with Crippen LogP contribution in [0.25, 0.3) is 0 Å². The van der Waals surface area contributed by atoms with Crippen LogP contribution in [-0.2, 0) is 17.1 Å². The van der Waals surface area contributed by atoms with Crippen molar-refractivity contribution in [2.45, 2.75) is 24.8 Å². The number of benzene rings is 2. The number of urea groups is 1. The first-order chi connectivity index (χ1) is 14.3. The summed E-state index contributed by atoms with van der Waals surface area (Å²) in [5.74, 6) is -0.314. The van der Waals surface area contributed by atoms with Crippen LogP contribution in [0.1, 0.15) is 17.5 Å². The van der Waals surface area contributed by atoms with Crippen molar-refractivity contribution in [2.75, 3.05) is 16.8 Å². The molecule has 31 heavy (non-hydrogen) atoms. The molecule has 12 heteroatoms. The van der Waals surface area contributed by atoms with Gasteiger partial charge >= 0.3 is 18.4 Å². The number of halogens is 7. The molecule has 2 N–H and O–H groups in total. The van der Waals surface area contributed by atoms with Gasteiger partial charge < -0.3 is 15.5 Å². The Morgan fingerprint density at radius 1 is 0.968 bits per heavy atom. The fourth-order valence-corrected chi connectivity index (χ4v) is 3.18. The summed E-state index contributed by atoms with van der Waals surface area (Å²) in [5, 5.41) is 4.82. The van der Waals surface area contributed by atoms with Crippen LogP contribution in [0.5, 0.6) is 0 Å². The molecule has 0 bridgehead atoms. The predicted octanol–water partition coefficient (Wildman–Crippen LogP) is 5.30. The Balaban J connectivity index is 1.71. The molecule has 1 atom stereocenters. The third-order valence-electron chi connectivity index (χ3n) is 4.44. The van der Waals surface area contributed by atoms with Gasteiger partial charge in [-0.3, -0.25) is 4.79 Å². The van der Waals surface area contributed by atoms with E-state index in [-0.39, 0.29) is 24.9 Å². The summed E-state index contributed by atoms with van der Waals surface area (Å²) in [6, 6.07) is 5.37. The van der Waals surface area contributed by atoms with E-state index < -0.39 is 41.2 Å². The van der Waals surface area contributed by atoms with E-state index in [1.54, 1.807) is 24.3 Å². The molecule has 5 nitrogen and oxygen atoms in total. The Bertz CT molecular complexity index is 959. The van der Waals surface area contributed by atoms with Gasteiger partial charge in [0, 0.05) is 29.4 Å². The van der Waals surface area contributed by atoms with E-state index in [0.717, 1.165) is 0 Å². The van der Waals surface area contributed by atoms with E-state index in [1.807, 2.05) is 5.32 Å². The Kier molecular flexibility index (Phi) is 6.08. The Labute approximate surface area is 177 Å². The number of nitrogens with one attached hydrogen (secondary N) is 2. The summed E-state index contributed by atoms with van der Waals surface area (Å²) < 4.78 is 77.6. The summed E-state index contributed by atoms with van der Waals surface area (Å²) in [6.07, 6.45) is -10.2. The monoisotopic (exact) mass is 465 g/mol. The molecule has 1 aliphatic rings. The number of carbonyl (C=O) groups excluding carboxylic acids is 2. The molecule has 0 saturated carbocycles. The maximum Gasteiger partial charge on any atom is 0.416 e. The summed E-state index contributed by atoms with van der Waals surface area (Å²) in [5.41, 5.74) is -3.25. The van der Waals surface area contributed by atoms with Gasteiger partial charge in [-0.25, -0.2) is 4.79 Å². The lowest BCUT2D eigenvalue weighted by Crippen LogP contribution is -2.39. The van der Waals surface area contributed by atoms with Crippen LogP contribution < -0.4 is 15.5 Å². The van der Waals surface area contributed by atoms with Crippen molar-refractivity contribution in [1.29, 1.82) is 0 Å². The lowest BCUT2D eigenvalue weighted by atomic mass is 10.1. The molecule has 0 aliphatic carbocycles. The second-order valence-electron chi connectivity index (χ2n) is 6.77. The number of alkyl halides is 6. The van der Waals surface area contributed by atoms with Gasteiger partial charge in [0.25, 0.3) is 0 Å². The lowest BCUT2D eigenvalue weighted by molar-refractivity contribution is -0.143. The topological polar surface area (TPSA) is 61.4 Å². The van der Waals surface area contributed by atoms with Gasteiger partial charge in [-0.1, -0.05) is 11.6 Å². The van der Waals surface area contributed by atoms with Gasteiger partial charge in [-0.2, -0.15) is 26.3 Å². The quantitative estimate of drug-likeness (QED) is 0.604. The smallest absolute Gasteiger partial charge is 0.333 e. The third kappa shape index (κ3) is 5.60. The van der Waals surface area contributed by atoms with Crippen LogP contribution in [0.4, 0.5) is 42.5 Å². The van der Waals surface area contributed by atoms with E-state index in [4.69, 9.17) is 11.6 Å². The minimum atomic E-state index is -5.04. The molecule has 0 spiro atoms. The van der Waals surface area contributed by atoms with Gasteiger partial charge in [0.15, 0.2) is 0 Å². The highest BCUT2D eigenvalue weighted by atomic mass is 35.5. The highest BCUT2D eigenvalue weighted by Crippen LogP contribution is 2.37. The predicted molar refractivity (Wildman–Crippen MR) is 101 cm³/mol. The highest BCUT2D eigenvalue weighted by molar-refractivity contribution is 6.30. The van der Waals surface area contributed by atoms with Crippen LogP contribution >= 0.6 is 11.6 Å². The molecule has 1 unspecified atom stereocenters. The molecule has 1 fully saturated rings. The van der Waals surface area contributed by atoms with Gasteiger partial charge in [0.05, 0.1) is 17.2 Å². The minimum absolute atomic E-state index is 0.0390. The highest BCUT2D eigenvalue weighted by Gasteiger charge is 2.37. The first-order valence-electron chi connectivity index (χ1n) is 8.76. The fraction of sp³-hybridized carbons (Fsp3) is 0.263. The van der Waals surface area contributed by atoms with Crippen molar-refractivity contribution in [1.82, 2.24) is 5.32 Å². The number of carbonyl (C=O) groups is 2. The molecule has 3 rings (SSSR count). The molecule has 3 amide bonds. The lowest BCUT2D eigenvalue weighted by Gasteiger charge is -2.18. The van der Waals surface area contributed by atoms with Crippen molar-refractivity contribution in [3.05, 3.63) is 58.6 Å². The summed E-state index contributed by atoms with van der Waals surface area (Å²) >= 11 is 5.80.